The van der Waals surface area contributed by atoms with E-state index in [2.05, 4.69) is 10.6 Å². The summed E-state index contributed by atoms with van der Waals surface area (Å²) in [6, 6.07) is 11.6. The zero-order valence-electron chi connectivity index (χ0n) is 13.8. The van der Waals surface area contributed by atoms with E-state index in [0.717, 1.165) is 0 Å². The van der Waals surface area contributed by atoms with Crippen LogP contribution in [0.5, 0.6) is 0 Å². The molecule has 0 spiro atoms. The highest BCUT2D eigenvalue weighted by Crippen LogP contribution is 2.13. The van der Waals surface area contributed by atoms with E-state index in [-0.39, 0.29) is 17.0 Å². The number of carboxylic acids is 1. The van der Waals surface area contributed by atoms with E-state index in [1.54, 1.807) is 18.2 Å². The van der Waals surface area contributed by atoms with E-state index in [0.29, 0.717) is 11.4 Å². The average molecular weight is 365 g/mol. The molecule has 3 rings (SSSR count). The Kier molecular flexibility index (Phi) is 5.17. The normalized spacial score (nSPS) is 11.0. The summed E-state index contributed by atoms with van der Waals surface area (Å²) in [5.74, 6) is -2.18. The Hall–Kier alpha value is -4.07. The lowest BCUT2D eigenvalue weighted by atomic mass is 10.2. The minimum absolute atomic E-state index is 0.0227. The molecule has 136 valence electrons. The molecule has 2 amide bonds. The van der Waals surface area contributed by atoms with E-state index in [4.69, 9.17) is 8.83 Å². The van der Waals surface area contributed by atoms with Crippen LogP contribution in [0.25, 0.3) is 6.08 Å². The molecule has 27 heavy (non-hydrogen) atoms. The van der Waals surface area contributed by atoms with Crippen molar-refractivity contribution in [2.45, 2.75) is 0 Å². The zero-order valence-corrected chi connectivity index (χ0v) is 13.8. The van der Waals surface area contributed by atoms with Crippen molar-refractivity contribution in [1.29, 1.82) is 0 Å². The average Bonchev–Trinajstić information content (AvgIpc) is 3.35. The van der Waals surface area contributed by atoms with Crippen LogP contribution in [-0.4, -0.2) is 17.8 Å². The van der Waals surface area contributed by atoms with Crippen LogP contribution >= 0.6 is 0 Å². The third kappa shape index (κ3) is 4.51. The maximum absolute atomic E-state index is 12.6. The fraction of sp³-hybridized carbons (Fsp3) is 0. The molecular formula is C19H13N2O6-. The number of rotatable bonds is 6. The monoisotopic (exact) mass is 365 g/mol. The SMILES string of the molecule is O=C(Nc1ccc(C(=O)[O-])cc1)/C(=C/c1ccco1)NC(=O)c1ccco1. The molecule has 8 nitrogen and oxygen atoms in total. The van der Waals surface area contributed by atoms with Gasteiger partial charge in [-0.05, 0) is 42.0 Å². The molecule has 0 saturated carbocycles. The first-order valence-corrected chi connectivity index (χ1v) is 7.76. The molecule has 0 bridgehead atoms. The van der Waals surface area contributed by atoms with Gasteiger partial charge >= 0.3 is 0 Å². The van der Waals surface area contributed by atoms with Crippen molar-refractivity contribution in [3.8, 4) is 0 Å². The smallest absolute Gasteiger partial charge is 0.291 e. The van der Waals surface area contributed by atoms with Crippen LogP contribution in [0.4, 0.5) is 5.69 Å². The second kappa shape index (κ2) is 7.87. The third-order valence-corrected chi connectivity index (χ3v) is 3.45. The molecule has 8 heteroatoms. The van der Waals surface area contributed by atoms with Gasteiger partial charge in [-0.3, -0.25) is 9.59 Å². The van der Waals surface area contributed by atoms with Crippen LogP contribution in [0, 0.1) is 0 Å². The highest BCUT2D eigenvalue weighted by Gasteiger charge is 2.17. The standard InChI is InChI=1S/C19H14N2O6/c22-17(20-13-7-5-12(6-8-13)19(24)25)15(11-14-3-1-9-26-14)21-18(23)16-4-2-10-27-16/h1-11H,(H,20,22)(H,21,23)(H,24,25)/p-1/b15-11-. The van der Waals surface area contributed by atoms with Gasteiger partial charge in [0.2, 0.25) is 0 Å². The van der Waals surface area contributed by atoms with Crippen molar-refractivity contribution < 1.29 is 28.3 Å². The largest absolute Gasteiger partial charge is 0.545 e. The highest BCUT2D eigenvalue weighted by atomic mass is 16.4. The molecule has 2 heterocycles. The number of carbonyl (C=O) groups excluding carboxylic acids is 3. The fourth-order valence-electron chi connectivity index (χ4n) is 2.15. The number of hydrogen-bond acceptors (Lipinski definition) is 6. The van der Waals surface area contributed by atoms with Crippen molar-refractivity contribution in [2.75, 3.05) is 5.32 Å². The predicted octanol–water partition coefficient (Wildman–Crippen LogP) is 1.65. The van der Waals surface area contributed by atoms with Gasteiger partial charge in [0.25, 0.3) is 11.8 Å². The second-order valence-electron chi connectivity index (χ2n) is 5.32. The van der Waals surface area contributed by atoms with Crippen molar-refractivity contribution in [2.24, 2.45) is 0 Å². The number of carbonyl (C=O) groups is 3. The van der Waals surface area contributed by atoms with Crippen molar-refractivity contribution in [3.05, 3.63) is 83.8 Å². The Morgan fingerprint density at radius 2 is 1.63 bits per heavy atom. The quantitative estimate of drug-likeness (QED) is 0.640. The van der Waals surface area contributed by atoms with Gasteiger partial charge in [0, 0.05) is 11.8 Å². The van der Waals surface area contributed by atoms with Crippen LogP contribution < -0.4 is 15.7 Å². The van der Waals surface area contributed by atoms with Crippen LogP contribution in [0.3, 0.4) is 0 Å². The minimum atomic E-state index is -1.32. The van der Waals surface area contributed by atoms with Crippen LogP contribution in [0.1, 0.15) is 26.7 Å². The first kappa shape index (κ1) is 17.7. The van der Waals surface area contributed by atoms with E-state index in [9.17, 15) is 19.5 Å². The molecule has 0 fully saturated rings. The molecule has 0 saturated heterocycles. The van der Waals surface area contributed by atoms with Gasteiger partial charge in [-0.15, -0.1) is 0 Å². The van der Waals surface area contributed by atoms with E-state index < -0.39 is 17.8 Å². The molecule has 1 aromatic carbocycles. The molecule has 0 aliphatic heterocycles. The lowest BCUT2D eigenvalue weighted by Gasteiger charge is -2.10. The number of benzene rings is 1. The fourth-order valence-corrected chi connectivity index (χ4v) is 2.15. The van der Waals surface area contributed by atoms with E-state index >= 15 is 0 Å². The Morgan fingerprint density at radius 1 is 0.926 bits per heavy atom. The maximum atomic E-state index is 12.6. The van der Waals surface area contributed by atoms with Gasteiger partial charge in [-0.25, -0.2) is 0 Å². The van der Waals surface area contributed by atoms with Crippen LogP contribution in [0.2, 0.25) is 0 Å². The number of hydrogen-bond donors (Lipinski definition) is 2. The molecular weight excluding hydrogens is 352 g/mol. The maximum Gasteiger partial charge on any atom is 0.291 e. The summed E-state index contributed by atoms with van der Waals surface area (Å²) in [5.41, 5.74) is 0.225. The highest BCUT2D eigenvalue weighted by molar-refractivity contribution is 6.10. The number of amides is 2. The number of anilines is 1. The molecule has 0 aliphatic rings. The van der Waals surface area contributed by atoms with Crippen molar-refractivity contribution in [1.82, 2.24) is 5.32 Å². The molecule has 2 N–H and O–H groups in total. The summed E-state index contributed by atoms with van der Waals surface area (Å²) in [7, 11) is 0. The van der Waals surface area contributed by atoms with Gasteiger partial charge in [-0.2, -0.15) is 0 Å². The van der Waals surface area contributed by atoms with Crippen LogP contribution in [-0.2, 0) is 4.79 Å². The zero-order chi connectivity index (χ0) is 19.2. The number of furan rings is 2. The molecule has 2 aromatic heterocycles. The van der Waals surface area contributed by atoms with E-state index in [1.165, 1.54) is 48.9 Å². The summed E-state index contributed by atoms with van der Waals surface area (Å²) in [5, 5.41) is 15.8. The predicted molar refractivity (Wildman–Crippen MR) is 92.3 cm³/mol. The van der Waals surface area contributed by atoms with Gasteiger partial charge in [-0.1, -0.05) is 12.1 Å². The molecule has 0 atom stereocenters. The summed E-state index contributed by atoms with van der Waals surface area (Å²) < 4.78 is 10.2. The summed E-state index contributed by atoms with van der Waals surface area (Å²) in [4.78, 5) is 35.5. The summed E-state index contributed by atoms with van der Waals surface area (Å²) in [6.45, 7) is 0. The topological polar surface area (TPSA) is 125 Å². The first-order chi connectivity index (χ1) is 13.0. The molecule has 3 aromatic rings. The second-order valence-corrected chi connectivity index (χ2v) is 5.32. The Morgan fingerprint density at radius 3 is 2.22 bits per heavy atom. The lowest BCUT2D eigenvalue weighted by Crippen LogP contribution is -2.30. The summed E-state index contributed by atoms with van der Waals surface area (Å²) in [6.07, 6.45) is 4.11. The Bertz CT molecular complexity index is 970. The first-order valence-electron chi connectivity index (χ1n) is 7.76. The third-order valence-electron chi connectivity index (χ3n) is 3.45. The number of nitrogens with one attached hydrogen (secondary N) is 2. The van der Waals surface area contributed by atoms with E-state index in [1.807, 2.05) is 0 Å². The summed E-state index contributed by atoms with van der Waals surface area (Å²) >= 11 is 0. The van der Waals surface area contributed by atoms with Gasteiger partial charge < -0.3 is 29.4 Å². The Labute approximate surface area is 153 Å². The molecule has 0 radical (unpaired) electrons. The van der Waals surface area contributed by atoms with Gasteiger partial charge in [0.05, 0.1) is 18.5 Å². The van der Waals surface area contributed by atoms with Crippen molar-refractivity contribution in [3.63, 3.8) is 0 Å². The van der Waals surface area contributed by atoms with Gasteiger partial charge in [0.15, 0.2) is 5.76 Å². The minimum Gasteiger partial charge on any atom is -0.545 e. The van der Waals surface area contributed by atoms with Crippen LogP contribution in [0.15, 0.2) is 75.6 Å². The Balaban J connectivity index is 1.80. The van der Waals surface area contributed by atoms with Gasteiger partial charge in [0.1, 0.15) is 11.5 Å². The lowest BCUT2D eigenvalue weighted by molar-refractivity contribution is -0.255. The molecule has 0 unspecified atom stereocenters. The number of aromatic carboxylic acids is 1. The van der Waals surface area contributed by atoms with Crippen molar-refractivity contribution >= 4 is 29.5 Å². The molecule has 0 aliphatic carbocycles. The number of carboxylic acid groups (broad SMARTS) is 1.